The number of thiophene rings is 1. The Labute approximate surface area is 164 Å². The van der Waals surface area contributed by atoms with Crippen LogP contribution in [0, 0.1) is 0 Å². The van der Waals surface area contributed by atoms with Gasteiger partial charge in [0, 0.05) is 15.6 Å². The summed E-state index contributed by atoms with van der Waals surface area (Å²) in [6.45, 7) is 0.665. The van der Waals surface area contributed by atoms with E-state index in [1.807, 2.05) is 29.7 Å². The van der Waals surface area contributed by atoms with Gasteiger partial charge < -0.3 is 10.1 Å². The molecule has 0 saturated heterocycles. The molecule has 0 atom stereocenters. The minimum atomic E-state index is -0.213. The quantitative estimate of drug-likeness (QED) is 0.327. The number of hydrogen-bond acceptors (Lipinski definition) is 5. The maximum Gasteiger partial charge on any atom is 0.263 e. The number of carbonyl (C=O) groups is 1. The van der Waals surface area contributed by atoms with Crippen LogP contribution in [0.1, 0.15) is 15.2 Å². The molecule has 0 aliphatic heterocycles. The summed E-state index contributed by atoms with van der Waals surface area (Å²) >= 11 is 12.6. The van der Waals surface area contributed by atoms with Crippen LogP contribution in [0.3, 0.4) is 0 Å². The predicted octanol–water partition coefficient (Wildman–Crippen LogP) is 4.02. The second-order valence-electron chi connectivity index (χ2n) is 5.31. The van der Waals surface area contributed by atoms with Gasteiger partial charge in [-0.1, -0.05) is 42.0 Å². The molecule has 8 heteroatoms. The summed E-state index contributed by atoms with van der Waals surface area (Å²) in [5, 5.41) is 12.9. The molecule has 1 heterocycles. The Bertz CT molecular complexity index is 941. The summed E-state index contributed by atoms with van der Waals surface area (Å²) in [7, 11) is 0. The Balaban J connectivity index is 1.52. The number of ether oxygens (including phenoxy) is 1. The van der Waals surface area contributed by atoms with Crippen molar-refractivity contribution in [3.05, 3.63) is 64.0 Å². The molecule has 0 radical (unpaired) electrons. The number of halogens is 1. The average Bonchev–Trinajstić information content (AvgIpc) is 3.02. The van der Waals surface area contributed by atoms with Gasteiger partial charge in [-0.3, -0.25) is 15.5 Å². The summed E-state index contributed by atoms with van der Waals surface area (Å²) in [5.41, 5.74) is 2.61. The van der Waals surface area contributed by atoms with Crippen LogP contribution in [0.25, 0.3) is 10.1 Å². The molecule has 0 unspecified atom stereocenters. The molecule has 3 rings (SSSR count). The Morgan fingerprint density at radius 1 is 1.19 bits per heavy atom. The zero-order chi connectivity index (χ0) is 18.5. The zero-order valence-electron chi connectivity index (χ0n) is 13.5. The van der Waals surface area contributed by atoms with Crippen LogP contribution in [0.4, 0.5) is 0 Å². The third-order valence-corrected chi connectivity index (χ3v) is 5.62. The zero-order valence-corrected chi connectivity index (χ0v) is 15.9. The van der Waals surface area contributed by atoms with Gasteiger partial charge in [-0.25, -0.2) is 0 Å². The van der Waals surface area contributed by atoms with Gasteiger partial charge >= 0.3 is 0 Å². The highest BCUT2D eigenvalue weighted by molar-refractivity contribution is 7.80. The van der Waals surface area contributed by atoms with Crippen LogP contribution in [0.15, 0.2) is 48.5 Å². The molecule has 3 aromatic rings. The van der Waals surface area contributed by atoms with E-state index in [0.717, 1.165) is 10.1 Å². The number of hydrogen-bond donors (Lipinski definition) is 3. The smallest absolute Gasteiger partial charge is 0.263 e. The topological polar surface area (TPSA) is 70.6 Å². The van der Waals surface area contributed by atoms with E-state index in [1.54, 1.807) is 24.3 Å². The molecule has 3 N–H and O–H groups in total. The van der Waals surface area contributed by atoms with Crippen LogP contribution in [-0.4, -0.2) is 29.3 Å². The second kappa shape index (κ2) is 8.46. The van der Waals surface area contributed by atoms with Crippen molar-refractivity contribution in [1.82, 2.24) is 10.8 Å². The molecule has 0 aliphatic rings. The van der Waals surface area contributed by atoms with Crippen LogP contribution in [0.5, 0.6) is 5.75 Å². The fraction of sp³-hybridized carbons (Fsp3) is 0.111. The van der Waals surface area contributed by atoms with Crippen molar-refractivity contribution < 1.29 is 14.7 Å². The lowest BCUT2D eigenvalue weighted by Crippen LogP contribution is -2.27. The number of fused-ring (bicyclic) bond motifs is 1. The Hall–Kier alpha value is -2.19. The number of rotatable bonds is 6. The summed E-state index contributed by atoms with van der Waals surface area (Å²) < 4.78 is 6.56. The van der Waals surface area contributed by atoms with Gasteiger partial charge in [0.05, 0.1) is 11.6 Å². The summed E-state index contributed by atoms with van der Waals surface area (Å²) in [4.78, 5) is 13.1. The molecule has 2 aromatic carbocycles. The van der Waals surface area contributed by atoms with E-state index in [-0.39, 0.29) is 10.9 Å². The molecular weight excluding hydrogens is 392 g/mol. The predicted molar refractivity (Wildman–Crippen MR) is 108 cm³/mol. The molecule has 0 fully saturated rings. The molecule has 0 saturated carbocycles. The lowest BCUT2D eigenvalue weighted by molar-refractivity contribution is 0.0951. The van der Waals surface area contributed by atoms with Gasteiger partial charge in [0.1, 0.15) is 22.2 Å². The van der Waals surface area contributed by atoms with Gasteiger partial charge in [-0.2, -0.15) is 0 Å². The lowest BCUT2D eigenvalue weighted by atomic mass is 10.2. The number of benzene rings is 2. The first-order valence-electron chi connectivity index (χ1n) is 7.72. The monoisotopic (exact) mass is 406 g/mol. The van der Waals surface area contributed by atoms with E-state index in [2.05, 4.69) is 5.32 Å². The largest absolute Gasteiger partial charge is 0.492 e. The van der Waals surface area contributed by atoms with Gasteiger partial charge in [0.25, 0.3) is 5.91 Å². The maximum absolute atomic E-state index is 12.3. The minimum absolute atomic E-state index is 0.213. The second-order valence-corrected chi connectivity index (χ2v) is 7.15. The van der Waals surface area contributed by atoms with E-state index < -0.39 is 0 Å². The lowest BCUT2D eigenvalue weighted by Gasteiger charge is -2.08. The highest BCUT2D eigenvalue weighted by Crippen LogP contribution is 2.34. The molecule has 0 bridgehead atoms. The van der Waals surface area contributed by atoms with E-state index in [1.165, 1.54) is 11.3 Å². The van der Waals surface area contributed by atoms with E-state index in [0.29, 0.717) is 34.4 Å². The Morgan fingerprint density at radius 3 is 2.62 bits per heavy atom. The number of carbonyl (C=O) groups excluding carboxylic acids is 1. The van der Waals surface area contributed by atoms with Crippen molar-refractivity contribution in [2.45, 2.75) is 0 Å². The number of nitrogens with one attached hydrogen (secondary N) is 2. The molecule has 0 spiro atoms. The van der Waals surface area contributed by atoms with Gasteiger partial charge in [0.2, 0.25) is 0 Å². The van der Waals surface area contributed by atoms with Crippen molar-refractivity contribution in [1.29, 1.82) is 0 Å². The van der Waals surface area contributed by atoms with E-state index in [9.17, 15) is 4.79 Å². The van der Waals surface area contributed by atoms with E-state index >= 15 is 0 Å². The standard InChI is InChI=1S/C18H15ClN2O3S2/c19-15-13-3-1-2-4-14(13)26-16(15)17(22)20-9-10-24-12-7-5-11(6-8-12)18(25)21-23/h1-8,23H,9-10H2,(H,20,22)(H,21,25). The molecule has 26 heavy (non-hydrogen) atoms. The van der Waals surface area contributed by atoms with Crippen LogP contribution in [-0.2, 0) is 0 Å². The highest BCUT2D eigenvalue weighted by atomic mass is 35.5. The fourth-order valence-corrected chi connectivity index (χ4v) is 3.91. The first-order chi connectivity index (χ1) is 12.6. The molecule has 0 aliphatic carbocycles. The number of thiocarbonyl (C=S) groups is 1. The maximum atomic E-state index is 12.3. The summed E-state index contributed by atoms with van der Waals surface area (Å²) in [5.74, 6) is 0.429. The first-order valence-corrected chi connectivity index (χ1v) is 9.33. The Kier molecular flexibility index (Phi) is 6.05. The molecule has 134 valence electrons. The van der Waals surface area contributed by atoms with Gasteiger partial charge in [-0.15, -0.1) is 11.3 Å². The summed E-state index contributed by atoms with van der Waals surface area (Å²) in [6.07, 6.45) is 0. The SMILES string of the molecule is O=C(NCCOc1ccc(C(=S)NO)cc1)c1sc2ccccc2c1Cl. The van der Waals surface area contributed by atoms with E-state index in [4.69, 9.17) is 33.8 Å². The van der Waals surface area contributed by atoms with Gasteiger partial charge in [-0.05, 0) is 30.3 Å². The van der Waals surface area contributed by atoms with Crippen LogP contribution in [0.2, 0.25) is 5.02 Å². The highest BCUT2D eigenvalue weighted by Gasteiger charge is 2.16. The number of hydroxylamine groups is 1. The third kappa shape index (κ3) is 4.13. The van der Waals surface area contributed by atoms with Gasteiger partial charge in [0.15, 0.2) is 0 Å². The van der Waals surface area contributed by atoms with Crippen molar-refractivity contribution in [3.63, 3.8) is 0 Å². The van der Waals surface area contributed by atoms with Crippen LogP contribution < -0.4 is 15.5 Å². The summed E-state index contributed by atoms with van der Waals surface area (Å²) in [6, 6.07) is 14.6. The van der Waals surface area contributed by atoms with Crippen molar-refractivity contribution in [2.24, 2.45) is 0 Å². The van der Waals surface area contributed by atoms with Crippen molar-refractivity contribution in [2.75, 3.05) is 13.2 Å². The minimum Gasteiger partial charge on any atom is -0.492 e. The molecule has 1 aromatic heterocycles. The fourth-order valence-electron chi connectivity index (χ4n) is 2.34. The van der Waals surface area contributed by atoms with Crippen molar-refractivity contribution in [3.8, 4) is 5.75 Å². The normalized spacial score (nSPS) is 10.5. The Morgan fingerprint density at radius 2 is 1.92 bits per heavy atom. The van der Waals surface area contributed by atoms with Crippen LogP contribution >= 0.6 is 35.2 Å². The van der Waals surface area contributed by atoms with Crippen molar-refractivity contribution >= 4 is 56.1 Å². The molecular formula is C18H15ClN2O3S2. The number of amides is 1. The average molecular weight is 407 g/mol. The first kappa shape index (κ1) is 18.6. The molecule has 5 nitrogen and oxygen atoms in total. The third-order valence-electron chi connectivity index (χ3n) is 3.62. The molecule has 1 amide bonds.